The molecule has 1 atom stereocenters. The van der Waals surface area contributed by atoms with Gasteiger partial charge in [0.1, 0.15) is 6.54 Å². The second-order valence-electron chi connectivity index (χ2n) is 10.3. The van der Waals surface area contributed by atoms with Gasteiger partial charge in [-0.2, -0.15) is 0 Å². The molecule has 0 heterocycles. The van der Waals surface area contributed by atoms with E-state index >= 15 is 0 Å². The van der Waals surface area contributed by atoms with Gasteiger partial charge < -0.3 is 14.3 Å². The summed E-state index contributed by atoms with van der Waals surface area (Å²) in [5.74, 6) is -1.48. The SMILES string of the molecule is CCCCCCCCCCCCCCCC=CC=CC=CC(=O)OC(CC(=O)O)C[N+](C)(C)C. The summed E-state index contributed by atoms with van der Waals surface area (Å²) >= 11 is 0. The molecule has 196 valence electrons. The third-order valence-corrected chi connectivity index (χ3v) is 5.61. The number of nitrogens with zero attached hydrogens (tertiary/aromatic N) is 1. The summed E-state index contributed by atoms with van der Waals surface area (Å²) in [6.45, 7) is 2.72. The summed E-state index contributed by atoms with van der Waals surface area (Å²) < 4.78 is 5.83. The van der Waals surface area contributed by atoms with Gasteiger partial charge in [0, 0.05) is 6.08 Å². The topological polar surface area (TPSA) is 63.6 Å². The normalized spacial score (nSPS) is 13.3. The van der Waals surface area contributed by atoms with Crippen molar-refractivity contribution in [2.24, 2.45) is 0 Å². The second kappa shape index (κ2) is 21.6. The lowest BCUT2D eigenvalue weighted by atomic mass is 10.0. The summed E-state index contributed by atoms with van der Waals surface area (Å²) in [5.41, 5.74) is 0. The molecule has 0 aromatic rings. The number of unbranched alkanes of at least 4 members (excludes halogenated alkanes) is 13. The van der Waals surface area contributed by atoms with Crippen LogP contribution >= 0.6 is 0 Å². The quantitative estimate of drug-likeness (QED) is 0.0586. The van der Waals surface area contributed by atoms with Gasteiger partial charge in [-0.05, 0) is 12.8 Å². The Balaban J connectivity index is 3.76. The zero-order valence-electron chi connectivity index (χ0n) is 22.5. The monoisotopic (exact) mass is 478 g/mol. The Bertz CT molecular complexity index is 602. The van der Waals surface area contributed by atoms with Gasteiger partial charge in [0.15, 0.2) is 6.10 Å². The molecular formula is C29H52NO4+. The number of carboxylic acids is 1. The molecule has 0 aliphatic carbocycles. The zero-order valence-corrected chi connectivity index (χ0v) is 22.5. The number of carbonyl (C=O) groups is 2. The maximum absolute atomic E-state index is 11.9. The fourth-order valence-electron chi connectivity index (χ4n) is 3.87. The Hall–Kier alpha value is -1.88. The minimum atomic E-state index is -0.969. The van der Waals surface area contributed by atoms with E-state index in [0.29, 0.717) is 11.0 Å². The van der Waals surface area contributed by atoms with E-state index in [1.807, 2.05) is 33.3 Å². The van der Waals surface area contributed by atoms with Gasteiger partial charge in [-0.1, -0.05) is 114 Å². The predicted octanol–water partition coefficient (Wildman–Crippen LogP) is 7.23. The van der Waals surface area contributed by atoms with Crippen LogP contribution in [0.3, 0.4) is 0 Å². The molecule has 1 unspecified atom stereocenters. The summed E-state index contributed by atoms with van der Waals surface area (Å²) in [7, 11) is 5.81. The first-order chi connectivity index (χ1) is 16.2. The van der Waals surface area contributed by atoms with Crippen LogP contribution < -0.4 is 0 Å². The molecule has 1 N–H and O–H groups in total. The smallest absolute Gasteiger partial charge is 0.331 e. The first-order valence-corrected chi connectivity index (χ1v) is 13.5. The molecule has 0 aliphatic rings. The van der Waals surface area contributed by atoms with Crippen molar-refractivity contribution in [3.63, 3.8) is 0 Å². The van der Waals surface area contributed by atoms with Gasteiger partial charge in [0.25, 0.3) is 0 Å². The van der Waals surface area contributed by atoms with Crippen molar-refractivity contribution in [2.75, 3.05) is 27.7 Å². The van der Waals surface area contributed by atoms with Crippen LogP contribution in [0.2, 0.25) is 0 Å². The summed E-state index contributed by atoms with van der Waals surface area (Å²) in [5, 5.41) is 9.00. The molecule has 34 heavy (non-hydrogen) atoms. The number of carbonyl (C=O) groups excluding carboxylic acids is 1. The lowest BCUT2D eigenvalue weighted by molar-refractivity contribution is -0.873. The lowest BCUT2D eigenvalue weighted by Crippen LogP contribution is -2.43. The van der Waals surface area contributed by atoms with Crippen molar-refractivity contribution in [3.8, 4) is 0 Å². The van der Waals surface area contributed by atoms with Crippen LogP contribution in [0.1, 0.15) is 103 Å². The molecule has 0 fully saturated rings. The minimum absolute atomic E-state index is 0.188. The molecule has 0 saturated carbocycles. The van der Waals surface area contributed by atoms with E-state index in [0.717, 1.165) is 6.42 Å². The number of ether oxygens (including phenoxy) is 1. The van der Waals surface area contributed by atoms with Crippen molar-refractivity contribution in [2.45, 2.75) is 109 Å². The van der Waals surface area contributed by atoms with Crippen molar-refractivity contribution < 1.29 is 23.9 Å². The van der Waals surface area contributed by atoms with E-state index in [2.05, 4.69) is 13.0 Å². The molecule has 0 rings (SSSR count). The maximum Gasteiger partial charge on any atom is 0.331 e. The molecule has 5 nitrogen and oxygen atoms in total. The molecule has 0 amide bonds. The summed E-state index contributed by atoms with van der Waals surface area (Å²) in [6.07, 6.45) is 28.9. The number of hydrogen-bond donors (Lipinski definition) is 1. The zero-order chi connectivity index (χ0) is 25.5. The number of allylic oxidation sites excluding steroid dienone is 5. The Morgan fingerprint density at radius 1 is 0.765 bits per heavy atom. The van der Waals surface area contributed by atoms with Crippen molar-refractivity contribution in [3.05, 3.63) is 36.5 Å². The number of aliphatic carboxylic acids is 1. The molecule has 0 spiro atoms. The van der Waals surface area contributed by atoms with Gasteiger partial charge >= 0.3 is 11.9 Å². The molecular weight excluding hydrogens is 426 g/mol. The fourth-order valence-corrected chi connectivity index (χ4v) is 3.87. The average Bonchev–Trinajstić information content (AvgIpc) is 2.73. The Morgan fingerprint density at radius 2 is 1.26 bits per heavy atom. The molecule has 0 radical (unpaired) electrons. The number of rotatable bonds is 22. The van der Waals surface area contributed by atoms with Crippen LogP contribution in [0.4, 0.5) is 0 Å². The van der Waals surface area contributed by atoms with Crippen LogP contribution in [0.15, 0.2) is 36.5 Å². The van der Waals surface area contributed by atoms with Gasteiger partial charge in [0.2, 0.25) is 0 Å². The lowest BCUT2D eigenvalue weighted by Gasteiger charge is -2.28. The van der Waals surface area contributed by atoms with Crippen molar-refractivity contribution in [1.82, 2.24) is 0 Å². The van der Waals surface area contributed by atoms with E-state index in [1.54, 1.807) is 12.2 Å². The van der Waals surface area contributed by atoms with E-state index in [-0.39, 0.29) is 6.42 Å². The van der Waals surface area contributed by atoms with E-state index in [4.69, 9.17) is 9.84 Å². The molecule has 5 heteroatoms. The van der Waals surface area contributed by atoms with Crippen LogP contribution in [0.25, 0.3) is 0 Å². The second-order valence-corrected chi connectivity index (χ2v) is 10.3. The van der Waals surface area contributed by atoms with Crippen LogP contribution in [-0.4, -0.2) is 55.3 Å². The van der Waals surface area contributed by atoms with E-state index in [9.17, 15) is 9.59 Å². The highest BCUT2D eigenvalue weighted by Crippen LogP contribution is 2.13. The largest absolute Gasteiger partial charge is 0.481 e. The highest BCUT2D eigenvalue weighted by atomic mass is 16.5. The Kier molecular flexibility index (Phi) is 20.4. The molecule has 0 aromatic carbocycles. The Labute approximate surface area is 209 Å². The fraction of sp³-hybridized carbons (Fsp3) is 0.724. The minimum Gasteiger partial charge on any atom is -0.481 e. The number of hydrogen-bond acceptors (Lipinski definition) is 3. The van der Waals surface area contributed by atoms with Gasteiger partial charge in [-0.25, -0.2) is 4.79 Å². The van der Waals surface area contributed by atoms with E-state index < -0.39 is 18.0 Å². The van der Waals surface area contributed by atoms with Gasteiger partial charge in [-0.15, -0.1) is 0 Å². The first kappa shape index (κ1) is 32.1. The van der Waals surface area contributed by atoms with Gasteiger partial charge in [-0.3, -0.25) is 4.79 Å². The first-order valence-electron chi connectivity index (χ1n) is 13.5. The number of quaternary nitrogens is 1. The van der Waals surface area contributed by atoms with Crippen LogP contribution in [0.5, 0.6) is 0 Å². The molecule has 0 saturated heterocycles. The van der Waals surface area contributed by atoms with Crippen LogP contribution in [-0.2, 0) is 14.3 Å². The molecule has 0 aromatic heterocycles. The number of esters is 1. The Morgan fingerprint density at radius 3 is 1.76 bits per heavy atom. The summed E-state index contributed by atoms with van der Waals surface area (Å²) in [4.78, 5) is 22.9. The number of likely N-dealkylation sites (N-methyl/N-ethyl adjacent to an activating group) is 1. The highest BCUT2D eigenvalue weighted by Gasteiger charge is 2.23. The van der Waals surface area contributed by atoms with Gasteiger partial charge in [0.05, 0.1) is 27.6 Å². The van der Waals surface area contributed by atoms with Crippen LogP contribution in [0, 0.1) is 0 Å². The van der Waals surface area contributed by atoms with E-state index in [1.165, 1.54) is 89.5 Å². The highest BCUT2D eigenvalue weighted by molar-refractivity contribution is 5.82. The van der Waals surface area contributed by atoms with Crippen molar-refractivity contribution >= 4 is 11.9 Å². The average molecular weight is 479 g/mol. The third-order valence-electron chi connectivity index (χ3n) is 5.61. The third kappa shape index (κ3) is 24.8. The maximum atomic E-state index is 11.9. The van der Waals surface area contributed by atoms with Crippen molar-refractivity contribution in [1.29, 1.82) is 0 Å². The standard InChI is InChI=1S/C29H51NO4/c1-5-6-7-8-9-10-11-12-13-14-15-16-17-18-19-20-21-22-23-24-29(33)34-27(25-28(31)32)26-30(2,3)4/h19-24,27H,5-18,25-26H2,1-4H3/p+1. The molecule has 0 aliphatic heterocycles. The number of carboxylic acid groups (broad SMARTS) is 1. The predicted molar refractivity (Wildman–Crippen MR) is 143 cm³/mol. The molecule has 0 bridgehead atoms. The summed E-state index contributed by atoms with van der Waals surface area (Å²) in [6, 6.07) is 0.